The summed E-state index contributed by atoms with van der Waals surface area (Å²) in [6, 6.07) is 0.723. The Kier molecular flexibility index (Phi) is 5.07. The smallest absolute Gasteiger partial charge is 0.0195 e. The van der Waals surface area contributed by atoms with Crippen LogP contribution in [0.4, 0.5) is 0 Å². The Morgan fingerprint density at radius 2 is 1.94 bits per heavy atom. The second-order valence-corrected chi connectivity index (χ2v) is 5.49. The first kappa shape index (κ1) is 12.3. The standard InChI is InChI=1S/C13H27N3/c14-7-9-16-8-3-6-13(11-16)15-10-12-4-1-2-5-12/h12-13,15H,1-11,14H2. The largest absolute Gasteiger partial charge is 0.329 e. The molecule has 16 heavy (non-hydrogen) atoms. The molecule has 2 aliphatic rings. The lowest BCUT2D eigenvalue weighted by molar-refractivity contribution is 0.191. The lowest BCUT2D eigenvalue weighted by Gasteiger charge is -2.33. The Balaban J connectivity index is 1.64. The first-order valence-electron chi connectivity index (χ1n) is 7.04. The van der Waals surface area contributed by atoms with Crippen LogP contribution < -0.4 is 11.1 Å². The summed E-state index contributed by atoms with van der Waals surface area (Å²) in [6.45, 7) is 5.58. The Hall–Kier alpha value is -0.120. The highest BCUT2D eigenvalue weighted by atomic mass is 15.2. The number of nitrogens with zero attached hydrogens (tertiary/aromatic N) is 1. The summed E-state index contributed by atoms with van der Waals surface area (Å²) >= 11 is 0. The molecule has 2 fully saturated rings. The fourth-order valence-electron chi connectivity index (χ4n) is 3.16. The minimum absolute atomic E-state index is 0.723. The van der Waals surface area contributed by atoms with E-state index in [1.807, 2.05) is 0 Å². The molecule has 0 amide bonds. The normalized spacial score (nSPS) is 28.7. The molecular formula is C13H27N3. The molecule has 0 aromatic carbocycles. The van der Waals surface area contributed by atoms with Crippen LogP contribution in [0.1, 0.15) is 38.5 Å². The van der Waals surface area contributed by atoms with Crippen molar-refractivity contribution in [3.8, 4) is 0 Å². The Bertz CT molecular complexity index is 188. The summed E-state index contributed by atoms with van der Waals surface area (Å²) in [5.74, 6) is 0.963. The summed E-state index contributed by atoms with van der Waals surface area (Å²) in [5.41, 5.74) is 5.62. The van der Waals surface area contributed by atoms with Gasteiger partial charge < -0.3 is 16.0 Å². The number of hydrogen-bond acceptors (Lipinski definition) is 3. The maximum atomic E-state index is 5.62. The SMILES string of the molecule is NCCN1CCCC(NCC2CCCC2)C1. The average molecular weight is 225 g/mol. The highest BCUT2D eigenvalue weighted by molar-refractivity contribution is 4.80. The molecule has 1 unspecified atom stereocenters. The second kappa shape index (κ2) is 6.58. The summed E-state index contributed by atoms with van der Waals surface area (Å²) in [6.07, 6.45) is 8.50. The van der Waals surface area contributed by atoms with Crippen LogP contribution in [-0.4, -0.2) is 43.7 Å². The molecule has 1 aliphatic carbocycles. The number of hydrogen-bond donors (Lipinski definition) is 2. The van der Waals surface area contributed by atoms with E-state index in [1.165, 1.54) is 58.2 Å². The topological polar surface area (TPSA) is 41.3 Å². The monoisotopic (exact) mass is 225 g/mol. The van der Waals surface area contributed by atoms with E-state index in [0.29, 0.717) is 0 Å². The molecule has 0 aromatic rings. The summed E-state index contributed by atoms with van der Waals surface area (Å²) in [5, 5.41) is 3.77. The molecule has 94 valence electrons. The van der Waals surface area contributed by atoms with Crippen LogP contribution in [0.25, 0.3) is 0 Å². The summed E-state index contributed by atoms with van der Waals surface area (Å²) < 4.78 is 0. The molecule has 1 saturated heterocycles. The van der Waals surface area contributed by atoms with Crippen LogP contribution in [-0.2, 0) is 0 Å². The van der Waals surface area contributed by atoms with Crippen LogP contribution in [0.3, 0.4) is 0 Å². The van der Waals surface area contributed by atoms with Crippen LogP contribution >= 0.6 is 0 Å². The van der Waals surface area contributed by atoms with Gasteiger partial charge in [-0.05, 0) is 44.7 Å². The molecule has 0 bridgehead atoms. The third-order valence-electron chi connectivity index (χ3n) is 4.12. The van der Waals surface area contributed by atoms with Crippen LogP contribution in [0.2, 0.25) is 0 Å². The molecule has 2 rings (SSSR count). The van der Waals surface area contributed by atoms with Crippen molar-refractivity contribution in [3.63, 3.8) is 0 Å². The van der Waals surface area contributed by atoms with E-state index in [9.17, 15) is 0 Å². The second-order valence-electron chi connectivity index (χ2n) is 5.49. The molecule has 3 nitrogen and oxygen atoms in total. The van der Waals surface area contributed by atoms with Crippen molar-refractivity contribution in [2.75, 3.05) is 32.7 Å². The maximum absolute atomic E-state index is 5.62. The van der Waals surface area contributed by atoms with Gasteiger partial charge in [0.1, 0.15) is 0 Å². The number of nitrogens with two attached hydrogens (primary N) is 1. The van der Waals surface area contributed by atoms with E-state index in [-0.39, 0.29) is 0 Å². The molecule has 3 N–H and O–H groups in total. The van der Waals surface area contributed by atoms with Crippen molar-refractivity contribution in [3.05, 3.63) is 0 Å². The van der Waals surface area contributed by atoms with E-state index in [1.54, 1.807) is 0 Å². The van der Waals surface area contributed by atoms with Crippen LogP contribution in [0.5, 0.6) is 0 Å². The van der Waals surface area contributed by atoms with E-state index < -0.39 is 0 Å². The lowest BCUT2D eigenvalue weighted by Crippen LogP contribution is -2.47. The third-order valence-corrected chi connectivity index (χ3v) is 4.12. The Morgan fingerprint density at radius 1 is 1.12 bits per heavy atom. The number of piperidine rings is 1. The van der Waals surface area contributed by atoms with Crippen LogP contribution in [0, 0.1) is 5.92 Å². The molecular weight excluding hydrogens is 198 g/mol. The minimum atomic E-state index is 0.723. The zero-order chi connectivity index (χ0) is 11.2. The highest BCUT2D eigenvalue weighted by Gasteiger charge is 2.21. The van der Waals surface area contributed by atoms with E-state index in [2.05, 4.69) is 10.2 Å². The van der Waals surface area contributed by atoms with Gasteiger partial charge in [-0.1, -0.05) is 12.8 Å². The van der Waals surface area contributed by atoms with Crippen molar-refractivity contribution < 1.29 is 0 Å². The predicted octanol–water partition coefficient (Wildman–Crippen LogP) is 1.19. The van der Waals surface area contributed by atoms with Gasteiger partial charge in [-0.2, -0.15) is 0 Å². The van der Waals surface area contributed by atoms with Crippen molar-refractivity contribution >= 4 is 0 Å². The van der Waals surface area contributed by atoms with Gasteiger partial charge in [0.15, 0.2) is 0 Å². The van der Waals surface area contributed by atoms with E-state index >= 15 is 0 Å². The third kappa shape index (κ3) is 3.72. The fourth-order valence-corrected chi connectivity index (χ4v) is 3.16. The molecule has 0 radical (unpaired) electrons. The quantitative estimate of drug-likeness (QED) is 0.738. The van der Waals surface area contributed by atoms with Gasteiger partial charge in [0, 0.05) is 25.7 Å². The number of nitrogens with one attached hydrogen (secondary N) is 1. The van der Waals surface area contributed by atoms with Gasteiger partial charge >= 0.3 is 0 Å². The average Bonchev–Trinajstić information content (AvgIpc) is 2.80. The van der Waals surface area contributed by atoms with Crippen molar-refractivity contribution in [2.24, 2.45) is 11.7 Å². The van der Waals surface area contributed by atoms with Gasteiger partial charge in [-0.15, -0.1) is 0 Å². The maximum Gasteiger partial charge on any atom is 0.0195 e. The van der Waals surface area contributed by atoms with Gasteiger partial charge in [0.25, 0.3) is 0 Å². The molecule has 0 aromatic heterocycles. The van der Waals surface area contributed by atoms with Crippen molar-refractivity contribution in [2.45, 2.75) is 44.6 Å². The van der Waals surface area contributed by atoms with E-state index in [4.69, 9.17) is 5.73 Å². The first-order valence-corrected chi connectivity index (χ1v) is 7.04. The van der Waals surface area contributed by atoms with E-state index in [0.717, 1.165) is 25.0 Å². The Morgan fingerprint density at radius 3 is 2.69 bits per heavy atom. The zero-order valence-corrected chi connectivity index (χ0v) is 10.5. The summed E-state index contributed by atoms with van der Waals surface area (Å²) in [4.78, 5) is 2.51. The summed E-state index contributed by atoms with van der Waals surface area (Å²) in [7, 11) is 0. The molecule has 1 saturated carbocycles. The molecule has 1 atom stereocenters. The fraction of sp³-hybridized carbons (Fsp3) is 1.00. The van der Waals surface area contributed by atoms with Crippen LogP contribution in [0.15, 0.2) is 0 Å². The molecule has 1 heterocycles. The Labute approximate surface area is 99.8 Å². The highest BCUT2D eigenvalue weighted by Crippen LogP contribution is 2.24. The zero-order valence-electron chi connectivity index (χ0n) is 10.5. The minimum Gasteiger partial charge on any atom is -0.329 e. The molecule has 3 heteroatoms. The number of likely N-dealkylation sites (tertiary alicyclic amines) is 1. The van der Waals surface area contributed by atoms with Gasteiger partial charge in [-0.3, -0.25) is 0 Å². The molecule has 0 spiro atoms. The van der Waals surface area contributed by atoms with Crippen molar-refractivity contribution in [1.82, 2.24) is 10.2 Å². The number of rotatable bonds is 5. The first-order chi connectivity index (χ1) is 7.88. The van der Waals surface area contributed by atoms with Gasteiger partial charge in [-0.25, -0.2) is 0 Å². The predicted molar refractivity (Wildman–Crippen MR) is 68.5 cm³/mol. The van der Waals surface area contributed by atoms with Gasteiger partial charge in [0.2, 0.25) is 0 Å². The molecule has 1 aliphatic heterocycles. The van der Waals surface area contributed by atoms with Gasteiger partial charge in [0.05, 0.1) is 0 Å². The lowest BCUT2D eigenvalue weighted by atomic mass is 10.0. The van der Waals surface area contributed by atoms with Crippen molar-refractivity contribution in [1.29, 1.82) is 0 Å².